The second-order valence-corrected chi connectivity index (χ2v) is 10.1. The van der Waals surface area contributed by atoms with Gasteiger partial charge >= 0.3 is 5.97 Å². The first-order chi connectivity index (χ1) is 17.7. The zero-order chi connectivity index (χ0) is 26.2. The molecule has 1 saturated carbocycles. The third-order valence-corrected chi connectivity index (χ3v) is 7.42. The summed E-state index contributed by atoms with van der Waals surface area (Å²) in [6, 6.07) is 12.9. The number of rotatable bonds is 6. The summed E-state index contributed by atoms with van der Waals surface area (Å²) in [7, 11) is 0. The van der Waals surface area contributed by atoms with E-state index in [-0.39, 0.29) is 5.92 Å². The van der Waals surface area contributed by atoms with Gasteiger partial charge in [0.25, 0.3) is 0 Å². The largest absolute Gasteiger partial charge is 0.478 e. The van der Waals surface area contributed by atoms with E-state index in [1.807, 2.05) is 50.4 Å². The summed E-state index contributed by atoms with van der Waals surface area (Å²) in [5.74, 6) is 1.12. The monoisotopic (exact) mass is 517 g/mol. The molecule has 0 unspecified atom stereocenters. The number of carboxylic acids is 1. The molecule has 1 fully saturated rings. The summed E-state index contributed by atoms with van der Waals surface area (Å²) < 4.78 is 1.80. The van der Waals surface area contributed by atoms with Gasteiger partial charge in [-0.1, -0.05) is 29.8 Å². The van der Waals surface area contributed by atoms with Crippen molar-refractivity contribution in [3.05, 3.63) is 94.2 Å². The summed E-state index contributed by atoms with van der Waals surface area (Å²) in [5, 5.41) is 24.8. The van der Waals surface area contributed by atoms with Crippen LogP contribution in [-0.2, 0) is 5.60 Å². The van der Waals surface area contributed by atoms with E-state index in [0.717, 1.165) is 16.7 Å². The first-order valence-corrected chi connectivity index (χ1v) is 12.6. The summed E-state index contributed by atoms with van der Waals surface area (Å²) in [6.07, 6.45) is 7.44. The molecule has 3 aromatic heterocycles. The molecule has 0 saturated heterocycles. The van der Waals surface area contributed by atoms with Crippen LogP contribution in [-0.4, -0.2) is 35.7 Å². The standard InChI is InChI=1S/C28H28ClN5O3/c1-17-11-25(32-24-13-18(2)22(29)14-30-24)33-26(12-17)34-15-23(31-16-34)28(37)9-7-19(8-10-28)20-5-3-4-6-21(20)27(35)36/h3-6,11-16,19,37H,7-10H2,1-2H3,(H,35,36)(H,30,32,33). The number of aliphatic hydroxyl groups is 1. The number of benzene rings is 1. The molecule has 3 N–H and O–H groups in total. The Bertz CT molecular complexity index is 1460. The molecular weight excluding hydrogens is 490 g/mol. The summed E-state index contributed by atoms with van der Waals surface area (Å²) in [5.41, 5.74) is 2.60. The van der Waals surface area contributed by atoms with Crippen molar-refractivity contribution in [2.75, 3.05) is 5.32 Å². The quantitative estimate of drug-likeness (QED) is 0.291. The number of halogens is 1. The highest BCUT2D eigenvalue weighted by Gasteiger charge is 2.38. The molecule has 0 bridgehead atoms. The van der Waals surface area contributed by atoms with E-state index < -0.39 is 11.6 Å². The van der Waals surface area contributed by atoms with Crippen LogP contribution in [0.2, 0.25) is 5.02 Å². The smallest absolute Gasteiger partial charge is 0.335 e. The lowest BCUT2D eigenvalue weighted by molar-refractivity contribution is -0.00932. The maximum atomic E-state index is 11.6. The number of carbonyl (C=O) groups is 1. The van der Waals surface area contributed by atoms with Crippen LogP contribution < -0.4 is 5.32 Å². The molecule has 0 spiro atoms. The number of anilines is 2. The third kappa shape index (κ3) is 5.21. The Morgan fingerprint density at radius 3 is 2.59 bits per heavy atom. The normalized spacial score (nSPS) is 19.5. The maximum Gasteiger partial charge on any atom is 0.335 e. The predicted octanol–water partition coefficient (Wildman–Crippen LogP) is 5.92. The Labute approximate surface area is 220 Å². The van der Waals surface area contributed by atoms with E-state index in [1.165, 1.54) is 0 Å². The molecule has 37 heavy (non-hydrogen) atoms. The van der Waals surface area contributed by atoms with Gasteiger partial charge in [-0.05, 0) is 86.4 Å². The zero-order valence-corrected chi connectivity index (χ0v) is 21.4. The minimum atomic E-state index is -1.07. The molecule has 1 aliphatic carbocycles. The number of aryl methyl sites for hydroxylation is 2. The number of aromatic carboxylic acids is 1. The van der Waals surface area contributed by atoms with Crippen LogP contribution in [0.4, 0.5) is 11.6 Å². The van der Waals surface area contributed by atoms with Crippen molar-refractivity contribution in [1.82, 2.24) is 19.5 Å². The Morgan fingerprint density at radius 2 is 1.86 bits per heavy atom. The van der Waals surface area contributed by atoms with Crippen molar-refractivity contribution in [3.63, 3.8) is 0 Å². The average Bonchev–Trinajstić information content (AvgIpc) is 3.38. The van der Waals surface area contributed by atoms with E-state index in [4.69, 9.17) is 16.6 Å². The van der Waals surface area contributed by atoms with Gasteiger partial charge in [0.15, 0.2) is 0 Å². The summed E-state index contributed by atoms with van der Waals surface area (Å²) in [4.78, 5) is 25.2. The third-order valence-electron chi connectivity index (χ3n) is 7.03. The molecule has 8 nitrogen and oxygen atoms in total. The Balaban J connectivity index is 1.33. The van der Waals surface area contributed by atoms with E-state index in [0.29, 0.717) is 59.4 Å². The Morgan fingerprint density at radius 1 is 1.11 bits per heavy atom. The van der Waals surface area contributed by atoms with Gasteiger partial charge in [-0.25, -0.2) is 19.7 Å². The molecule has 1 aromatic carbocycles. The second kappa shape index (κ2) is 9.95. The number of hydrogen-bond donors (Lipinski definition) is 3. The van der Waals surface area contributed by atoms with E-state index >= 15 is 0 Å². The minimum absolute atomic E-state index is 0.0897. The van der Waals surface area contributed by atoms with Gasteiger partial charge in [-0.2, -0.15) is 0 Å². The first kappa shape index (κ1) is 24.9. The molecule has 190 valence electrons. The van der Waals surface area contributed by atoms with Gasteiger partial charge < -0.3 is 15.5 Å². The lowest BCUT2D eigenvalue weighted by Gasteiger charge is -2.35. The molecule has 9 heteroatoms. The topological polar surface area (TPSA) is 113 Å². The molecule has 0 amide bonds. The number of pyridine rings is 2. The highest BCUT2D eigenvalue weighted by Crippen LogP contribution is 2.43. The van der Waals surface area contributed by atoms with Crippen molar-refractivity contribution in [2.45, 2.75) is 51.0 Å². The van der Waals surface area contributed by atoms with Crippen molar-refractivity contribution in [3.8, 4) is 5.82 Å². The van der Waals surface area contributed by atoms with E-state index in [9.17, 15) is 15.0 Å². The average molecular weight is 518 g/mol. The van der Waals surface area contributed by atoms with Gasteiger partial charge in [0.2, 0.25) is 0 Å². The minimum Gasteiger partial charge on any atom is -0.478 e. The zero-order valence-electron chi connectivity index (χ0n) is 20.6. The molecule has 1 aliphatic rings. The van der Waals surface area contributed by atoms with Crippen molar-refractivity contribution in [2.24, 2.45) is 0 Å². The predicted molar refractivity (Wildman–Crippen MR) is 142 cm³/mol. The highest BCUT2D eigenvalue weighted by atomic mass is 35.5. The van der Waals surface area contributed by atoms with E-state index in [1.54, 1.807) is 29.2 Å². The molecule has 0 aliphatic heterocycles. The number of nitrogens with zero attached hydrogens (tertiary/aromatic N) is 4. The number of nitrogens with one attached hydrogen (secondary N) is 1. The maximum absolute atomic E-state index is 11.6. The number of carboxylic acid groups (broad SMARTS) is 1. The van der Waals surface area contributed by atoms with Gasteiger partial charge in [-0.3, -0.25) is 4.57 Å². The molecule has 0 atom stereocenters. The molecule has 4 aromatic rings. The van der Waals surface area contributed by atoms with Crippen molar-refractivity contribution < 1.29 is 15.0 Å². The van der Waals surface area contributed by atoms with Gasteiger partial charge in [0, 0.05) is 12.4 Å². The number of imidazole rings is 1. The lowest BCUT2D eigenvalue weighted by Crippen LogP contribution is -2.31. The fourth-order valence-corrected chi connectivity index (χ4v) is 5.09. The summed E-state index contributed by atoms with van der Waals surface area (Å²) >= 11 is 6.09. The Hall–Kier alpha value is -3.75. The second-order valence-electron chi connectivity index (χ2n) is 9.70. The van der Waals surface area contributed by atoms with Crippen LogP contribution in [0.25, 0.3) is 5.82 Å². The molecular formula is C28H28ClN5O3. The number of aromatic nitrogens is 4. The first-order valence-electron chi connectivity index (χ1n) is 12.2. The molecule has 0 radical (unpaired) electrons. The fourth-order valence-electron chi connectivity index (χ4n) is 4.98. The van der Waals surface area contributed by atoms with Crippen LogP contribution in [0.3, 0.4) is 0 Å². The van der Waals surface area contributed by atoms with Gasteiger partial charge in [-0.15, -0.1) is 0 Å². The van der Waals surface area contributed by atoms with Gasteiger partial charge in [0.1, 0.15) is 29.4 Å². The molecule has 5 rings (SSSR count). The van der Waals surface area contributed by atoms with Crippen LogP contribution in [0, 0.1) is 13.8 Å². The fraction of sp³-hybridized carbons (Fsp3) is 0.286. The van der Waals surface area contributed by atoms with Crippen molar-refractivity contribution in [1.29, 1.82) is 0 Å². The van der Waals surface area contributed by atoms with Gasteiger partial charge in [0.05, 0.1) is 16.3 Å². The Kier molecular flexibility index (Phi) is 6.70. The van der Waals surface area contributed by atoms with Crippen molar-refractivity contribution >= 4 is 29.2 Å². The molecule has 3 heterocycles. The van der Waals surface area contributed by atoms with Crippen LogP contribution in [0.15, 0.2) is 61.2 Å². The van der Waals surface area contributed by atoms with Crippen LogP contribution in [0.1, 0.15) is 64.3 Å². The van der Waals surface area contributed by atoms with Crippen LogP contribution in [0.5, 0.6) is 0 Å². The highest BCUT2D eigenvalue weighted by molar-refractivity contribution is 6.31. The number of hydrogen-bond acceptors (Lipinski definition) is 6. The lowest BCUT2D eigenvalue weighted by atomic mass is 9.74. The van der Waals surface area contributed by atoms with E-state index in [2.05, 4.69) is 15.3 Å². The SMILES string of the molecule is Cc1cc(Nc2cc(C)c(Cl)cn2)nc(-n2cnc(C3(O)CCC(c4ccccc4C(=O)O)CC3)c2)c1. The van der Waals surface area contributed by atoms with Crippen LogP contribution >= 0.6 is 11.6 Å². The summed E-state index contributed by atoms with van der Waals surface area (Å²) in [6.45, 7) is 3.90.